The summed E-state index contributed by atoms with van der Waals surface area (Å²) in [5, 5.41) is 7.04. The third-order valence-electron chi connectivity index (χ3n) is 5.41. The number of halogens is 1. The first-order valence-corrected chi connectivity index (χ1v) is 11.3. The normalized spacial score (nSPS) is 18.1. The summed E-state index contributed by atoms with van der Waals surface area (Å²) in [5.74, 6) is 0.474. The zero-order chi connectivity index (χ0) is 22.7. The number of hydrogen-bond acceptors (Lipinski definition) is 4. The van der Waals surface area contributed by atoms with Gasteiger partial charge in [0.15, 0.2) is 5.11 Å². The lowest BCUT2D eigenvalue weighted by Gasteiger charge is -2.22. The lowest BCUT2D eigenvalue weighted by molar-refractivity contribution is -0.119. The van der Waals surface area contributed by atoms with Crippen LogP contribution in [0.3, 0.4) is 0 Å². The fraction of sp³-hybridized carbons (Fsp3) is 0.250. The molecule has 0 fully saturated rings. The number of anilines is 1. The first kappa shape index (κ1) is 22.2. The van der Waals surface area contributed by atoms with Gasteiger partial charge in [-0.2, -0.15) is 0 Å². The molecule has 2 N–H and O–H groups in total. The predicted octanol–water partition coefficient (Wildman–Crippen LogP) is 4.43. The van der Waals surface area contributed by atoms with Crippen LogP contribution in [0.25, 0.3) is 0 Å². The second-order valence-electron chi connectivity index (χ2n) is 7.56. The second kappa shape index (κ2) is 9.63. The zero-order valence-electron chi connectivity index (χ0n) is 17.9. The minimum atomic E-state index is -0.903. The number of nitrogens with one attached hydrogen (secondary N) is 2. The third-order valence-corrected chi connectivity index (χ3v) is 5.87. The highest BCUT2D eigenvalue weighted by atomic mass is 35.5. The van der Waals surface area contributed by atoms with E-state index in [1.807, 2.05) is 48.5 Å². The lowest BCUT2D eigenvalue weighted by atomic mass is 10.0. The number of nitrogens with zero attached hydrogens (tertiary/aromatic N) is 3. The Morgan fingerprint density at radius 1 is 1.25 bits per heavy atom. The average Bonchev–Trinajstić information content (AvgIpc) is 2.90. The van der Waals surface area contributed by atoms with Crippen LogP contribution in [0.2, 0.25) is 5.02 Å². The molecule has 2 aliphatic heterocycles. The number of allylic oxidation sites excluding steroid dienone is 1. The fourth-order valence-electron chi connectivity index (χ4n) is 3.73. The summed E-state index contributed by atoms with van der Waals surface area (Å²) in [6, 6.07) is 15.2. The maximum atomic E-state index is 13.3. The molecule has 0 saturated carbocycles. The molecule has 6 nitrogen and oxygen atoms in total. The number of benzene rings is 2. The van der Waals surface area contributed by atoms with Gasteiger partial charge in [-0.1, -0.05) is 48.9 Å². The smallest absolute Gasteiger partial charge is 0.272 e. The van der Waals surface area contributed by atoms with Crippen molar-refractivity contribution in [3.8, 4) is 0 Å². The summed E-state index contributed by atoms with van der Waals surface area (Å²) in [6.45, 7) is 2.09. The highest BCUT2D eigenvalue weighted by Gasteiger charge is 2.30. The number of carbonyl (C=O) groups is 1. The van der Waals surface area contributed by atoms with Crippen LogP contribution in [-0.2, 0) is 4.79 Å². The Balaban J connectivity index is 1.67. The number of benzodiazepines with no additional fused rings is 1. The largest absolute Gasteiger partial charge is 0.333 e. The number of fused-ring (bicyclic) bond motifs is 1. The molecule has 0 spiro atoms. The predicted molar refractivity (Wildman–Crippen MR) is 135 cm³/mol. The molecule has 2 aliphatic rings. The van der Waals surface area contributed by atoms with Crippen molar-refractivity contribution in [2.24, 2.45) is 9.98 Å². The number of hydrogen-bond donors (Lipinski definition) is 2. The molecule has 8 heteroatoms. The first-order chi connectivity index (χ1) is 15.5. The van der Waals surface area contributed by atoms with Crippen molar-refractivity contribution >= 4 is 51.9 Å². The standard InChI is InChI=1S/C24H24ClN5OS/c1-3-17-10-7-11-20(26-17)27-24(32)29-22-23(31)30(2)19-13-12-16(25)14-18(19)21(28-22)15-8-5-4-6-9-15/h4-6,8-9,11-14,22H,3,7,10H2,1-2H3,(H2,27,29,32). The molecular formula is C24H24ClN5OS. The Kier molecular flexibility index (Phi) is 6.67. The molecule has 164 valence electrons. The van der Waals surface area contributed by atoms with Crippen molar-refractivity contribution in [1.29, 1.82) is 0 Å². The first-order valence-electron chi connectivity index (χ1n) is 10.5. The van der Waals surface area contributed by atoms with Crippen molar-refractivity contribution in [2.45, 2.75) is 32.4 Å². The monoisotopic (exact) mass is 465 g/mol. The summed E-state index contributed by atoms with van der Waals surface area (Å²) in [4.78, 5) is 24.3. The SMILES string of the molecule is CCC1=NC(NC(=S)NC2N=C(c3ccccc3)c3cc(Cl)ccc3N(C)C2=O)=CCC1. The fourth-order valence-corrected chi connectivity index (χ4v) is 4.11. The Morgan fingerprint density at radius 3 is 2.78 bits per heavy atom. The summed E-state index contributed by atoms with van der Waals surface area (Å²) in [6.07, 6.45) is 3.87. The van der Waals surface area contributed by atoms with Crippen LogP contribution in [0.5, 0.6) is 0 Å². The van der Waals surface area contributed by atoms with Crippen molar-refractivity contribution < 1.29 is 4.79 Å². The van der Waals surface area contributed by atoms with E-state index in [1.165, 1.54) is 0 Å². The van der Waals surface area contributed by atoms with Crippen LogP contribution in [0, 0.1) is 0 Å². The Hall–Kier alpha value is -3.03. The van der Waals surface area contributed by atoms with Gasteiger partial charge in [0.2, 0.25) is 6.17 Å². The van der Waals surface area contributed by atoms with Crippen LogP contribution < -0.4 is 15.5 Å². The van der Waals surface area contributed by atoms with E-state index in [1.54, 1.807) is 18.0 Å². The number of carbonyl (C=O) groups excluding carboxylic acids is 1. The minimum absolute atomic E-state index is 0.223. The molecule has 1 unspecified atom stereocenters. The van der Waals surface area contributed by atoms with Crippen LogP contribution >= 0.6 is 23.8 Å². The molecular weight excluding hydrogens is 442 g/mol. The van der Waals surface area contributed by atoms with Crippen LogP contribution in [0.1, 0.15) is 37.3 Å². The van der Waals surface area contributed by atoms with Gasteiger partial charge in [-0.05, 0) is 55.8 Å². The molecule has 2 aromatic carbocycles. The molecule has 32 heavy (non-hydrogen) atoms. The van der Waals surface area contributed by atoms with Gasteiger partial charge in [-0.3, -0.25) is 4.79 Å². The van der Waals surface area contributed by atoms with Crippen LogP contribution in [-0.4, -0.2) is 35.7 Å². The second-order valence-corrected chi connectivity index (χ2v) is 8.41. The molecule has 0 aromatic heterocycles. The Bertz CT molecular complexity index is 1140. The third kappa shape index (κ3) is 4.74. The summed E-state index contributed by atoms with van der Waals surface area (Å²) in [7, 11) is 1.73. The quantitative estimate of drug-likeness (QED) is 0.655. The maximum absolute atomic E-state index is 13.3. The van der Waals surface area contributed by atoms with Gasteiger partial charge >= 0.3 is 0 Å². The molecule has 2 aromatic rings. The van der Waals surface area contributed by atoms with Crippen LogP contribution in [0.4, 0.5) is 5.69 Å². The highest BCUT2D eigenvalue weighted by molar-refractivity contribution is 7.80. The van der Waals surface area contributed by atoms with E-state index >= 15 is 0 Å². The minimum Gasteiger partial charge on any atom is -0.333 e. The Labute approximate surface area is 198 Å². The molecule has 2 heterocycles. The molecule has 0 bridgehead atoms. The van der Waals surface area contributed by atoms with E-state index < -0.39 is 6.17 Å². The van der Waals surface area contributed by atoms with Gasteiger partial charge in [0, 0.05) is 28.9 Å². The molecule has 0 saturated heterocycles. The van der Waals surface area contributed by atoms with E-state index in [-0.39, 0.29) is 5.91 Å². The lowest BCUT2D eigenvalue weighted by Crippen LogP contribution is -2.49. The molecule has 1 atom stereocenters. The summed E-state index contributed by atoms with van der Waals surface area (Å²) < 4.78 is 0. The number of aliphatic imine (C=N–C) groups is 2. The molecule has 0 aliphatic carbocycles. The van der Waals surface area contributed by atoms with Crippen molar-refractivity contribution in [3.05, 3.63) is 76.6 Å². The zero-order valence-corrected chi connectivity index (χ0v) is 19.5. The molecule has 1 amide bonds. The highest BCUT2D eigenvalue weighted by Crippen LogP contribution is 2.29. The van der Waals surface area contributed by atoms with Gasteiger partial charge in [-0.15, -0.1) is 0 Å². The molecule has 0 radical (unpaired) electrons. The van der Waals surface area contributed by atoms with Crippen molar-refractivity contribution in [3.63, 3.8) is 0 Å². The van der Waals surface area contributed by atoms with Gasteiger partial charge in [-0.25, -0.2) is 9.98 Å². The van der Waals surface area contributed by atoms with Gasteiger partial charge in [0.1, 0.15) is 5.82 Å². The number of amides is 1. The van der Waals surface area contributed by atoms with Gasteiger partial charge < -0.3 is 15.5 Å². The van der Waals surface area contributed by atoms with E-state index in [9.17, 15) is 4.79 Å². The van der Waals surface area contributed by atoms with Gasteiger partial charge in [0.05, 0.1) is 11.4 Å². The number of thiocarbonyl (C=S) groups is 1. The van der Waals surface area contributed by atoms with Gasteiger partial charge in [0.25, 0.3) is 5.91 Å². The van der Waals surface area contributed by atoms with E-state index in [0.29, 0.717) is 21.7 Å². The van der Waals surface area contributed by atoms with Crippen molar-refractivity contribution in [2.75, 3.05) is 11.9 Å². The van der Waals surface area contributed by atoms with E-state index in [2.05, 4.69) is 22.5 Å². The average molecular weight is 466 g/mol. The summed E-state index contributed by atoms with van der Waals surface area (Å²) >= 11 is 11.8. The number of rotatable bonds is 4. The molecule has 4 rings (SSSR count). The van der Waals surface area contributed by atoms with Crippen molar-refractivity contribution in [1.82, 2.24) is 10.6 Å². The van der Waals surface area contributed by atoms with E-state index in [4.69, 9.17) is 28.8 Å². The summed E-state index contributed by atoms with van der Waals surface area (Å²) in [5.41, 5.74) is 4.20. The van der Waals surface area contributed by atoms with Crippen LogP contribution in [0.15, 0.2) is 70.4 Å². The Morgan fingerprint density at radius 2 is 2.03 bits per heavy atom. The van der Waals surface area contributed by atoms with E-state index in [0.717, 1.165) is 41.8 Å². The topological polar surface area (TPSA) is 69.1 Å². The maximum Gasteiger partial charge on any atom is 0.272 e. The number of likely N-dealkylation sites (N-methyl/N-ethyl adjacent to an activating group) is 1.